The lowest BCUT2D eigenvalue weighted by molar-refractivity contribution is -0.353. The Hall–Kier alpha value is -4.57. The molecule has 256 valence electrons. The van der Waals surface area contributed by atoms with Gasteiger partial charge in [-0.3, -0.25) is 4.79 Å². The summed E-state index contributed by atoms with van der Waals surface area (Å²) in [5.41, 5.74) is 1.83. The van der Waals surface area contributed by atoms with Gasteiger partial charge in [0, 0.05) is 12.2 Å². The van der Waals surface area contributed by atoms with Crippen LogP contribution in [0, 0.1) is 5.92 Å². The molecule has 0 bridgehead atoms. The molecular formula is C34H36O14. The van der Waals surface area contributed by atoms with Crippen LogP contribution in [0.3, 0.4) is 0 Å². The number of hydrogen-bond acceptors (Lipinski definition) is 14. The van der Waals surface area contributed by atoms with Crippen LogP contribution in [0.2, 0.25) is 0 Å². The summed E-state index contributed by atoms with van der Waals surface area (Å²) >= 11 is 0. The molecular weight excluding hydrogens is 632 g/mol. The summed E-state index contributed by atoms with van der Waals surface area (Å²) in [6.45, 7) is 0.872. The zero-order valence-electron chi connectivity index (χ0n) is 25.7. The predicted molar refractivity (Wildman–Crippen MR) is 165 cm³/mol. The maximum Gasteiger partial charge on any atom is 0.331 e. The second-order valence-electron chi connectivity index (χ2n) is 11.5. The number of benzene rings is 2. The molecule has 0 radical (unpaired) electrons. The molecule has 3 aliphatic heterocycles. The van der Waals surface area contributed by atoms with Crippen molar-refractivity contribution >= 4 is 30.1 Å². The molecule has 0 amide bonds. The van der Waals surface area contributed by atoms with Gasteiger partial charge in [-0.25, -0.2) is 9.59 Å². The number of rotatable bonds is 10. The number of cyclic esters (lactones) is 1. The molecule has 2 aromatic carbocycles. The number of aromatic hydroxyl groups is 2. The van der Waals surface area contributed by atoms with Crippen LogP contribution in [-0.2, 0) is 42.8 Å². The van der Waals surface area contributed by atoms with Crippen LogP contribution in [0.1, 0.15) is 18.1 Å². The molecule has 14 nitrogen and oxygen atoms in total. The van der Waals surface area contributed by atoms with Crippen LogP contribution in [0.25, 0.3) is 12.2 Å². The van der Waals surface area contributed by atoms with Crippen molar-refractivity contribution in [3.8, 4) is 11.5 Å². The molecule has 9 atom stereocenters. The topological polar surface area (TPSA) is 208 Å². The SMILES string of the molecule is C/C(=C\[C@@H]1OC(=O)[C@H]([C@@H]2CO[C@@H]3O[C@H](COC(=O)/C=C/c4ccc(O)cc4)[C@H](O)[C@H](O)[C@H]3O2)[C@H]1O)COC(=O)/C=C/c1ccc(O)cc1. The quantitative estimate of drug-likeness (QED) is 0.104. The van der Waals surface area contributed by atoms with E-state index in [0.29, 0.717) is 16.7 Å². The number of phenolic OH excluding ortho intramolecular Hbond substituents is 2. The van der Waals surface area contributed by atoms with Gasteiger partial charge in [-0.05, 0) is 66.1 Å². The van der Waals surface area contributed by atoms with Crippen LogP contribution >= 0.6 is 0 Å². The first-order valence-electron chi connectivity index (χ1n) is 15.1. The molecule has 0 aliphatic carbocycles. The van der Waals surface area contributed by atoms with Crippen LogP contribution in [0.15, 0.2) is 72.3 Å². The molecule has 3 saturated heterocycles. The van der Waals surface area contributed by atoms with Crippen molar-refractivity contribution < 1.29 is 68.3 Å². The molecule has 0 unspecified atom stereocenters. The van der Waals surface area contributed by atoms with Gasteiger partial charge in [0.15, 0.2) is 6.29 Å². The van der Waals surface area contributed by atoms with E-state index in [1.807, 2.05) is 0 Å². The maximum absolute atomic E-state index is 12.8. The number of fused-ring (bicyclic) bond motifs is 1. The highest BCUT2D eigenvalue weighted by Gasteiger charge is 2.54. The van der Waals surface area contributed by atoms with Gasteiger partial charge in [-0.15, -0.1) is 0 Å². The second kappa shape index (κ2) is 15.6. The number of aliphatic hydroxyl groups is 3. The van der Waals surface area contributed by atoms with Gasteiger partial charge < -0.3 is 54.0 Å². The lowest BCUT2D eigenvalue weighted by Crippen LogP contribution is -2.64. The minimum Gasteiger partial charge on any atom is -0.508 e. The molecule has 3 fully saturated rings. The fourth-order valence-electron chi connectivity index (χ4n) is 5.35. The molecule has 3 aliphatic rings. The number of carbonyl (C=O) groups is 3. The first-order chi connectivity index (χ1) is 23.0. The van der Waals surface area contributed by atoms with E-state index < -0.39 is 79.5 Å². The Balaban J connectivity index is 1.10. The van der Waals surface area contributed by atoms with Gasteiger partial charge >= 0.3 is 17.9 Å². The maximum atomic E-state index is 12.8. The Morgan fingerprint density at radius 3 is 2.02 bits per heavy atom. The fourth-order valence-corrected chi connectivity index (χ4v) is 5.35. The van der Waals surface area contributed by atoms with Gasteiger partial charge in [0.1, 0.15) is 67.3 Å². The van der Waals surface area contributed by atoms with Crippen molar-refractivity contribution in [3.05, 3.63) is 83.5 Å². The molecule has 5 rings (SSSR count). The van der Waals surface area contributed by atoms with Crippen LogP contribution < -0.4 is 0 Å². The number of hydrogen-bond donors (Lipinski definition) is 5. The number of aliphatic hydroxyl groups excluding tert-OH is 3. The molecule has 14 heteroatoms. The minimum atomic E-state index is -1.55. The van der Waals surface area contributed by atoms with E-state index in [4.69, 9.17) is 28.4 Å². The van der Waals surface area contributed by atoms with Crippen molar-refractivity contribution in [2.45, 2.75) is 55.9 Å². The summed E-state index contributed by atoms with van der Waals surface area (Å²) in [5.74, 6) is -3.14. The highest BCUT2D eigenvalue weighted by molar-refractivity contribution is 5.87. The Morgan fingerprint density at radius 1 is 0.833 bits per heavy atom. The first kappa shape index (κ1) is 34.8. The number of carbonyl (C=O) groups excluding carboxylic acids is 3. The second-order valence-corrected chi connectivity index (χ2v) is 11.5. The molecule has 5 N–H and O–H groups in total. The average molecular weight is 669 g/mol. The van der Waals surface area contributed by atoms with E-state index >= 15 is 0 Å². The summed E-state index contributed by atoms with van der Waals surface area (Å²) in [4.78, 5) is 37.1. The molecule has 0 spiro atoms. The van der Waals surface area contributed by atoms with Crippen molar-refractivity contribution in [3.63, 3.8) is 0 Å². The Morgan fingerprint density at radius 2 is 1.42 bits per heavy atom. The van der Waals surface area contributed by atoms with Crippen LogP contribution in [0.4, 0.5) is 0 Å². The van der Waals surface area contributed by atoms with E-state index in [2.05, 4.69) is 0 Å². The van der Waals surface area contributed by atoms with E-state index in [-0.39, 0.29) is 24.7 Å². The van der Waals surface area contributed by atoms with Gasteiger partial charge in [0.05, 0.1) is 12.7 Å². The highest BCUT2D eigenvalue weighted by Crippen LogP contribution is 2.35. The van der Waals surface area contributed by atoms with Crippen molar-refractivity contribution in [2.24, 2.45) is 5.92 Å². The van der Waals surface area contributed by atoms with Gasteiger partial charge in [0.2, 0.25) is 0 Å². The molecule has 0 saturated carbocycles. The average Bonchev–Trinajstić information content (AvgIpc) is 3.35. The van der Waals surface area contributed by atoms with Crippen LogP contribution in [0.5, 0.6) is 11.5 Å². The number of ether oxygens (including phenoxy) is 6. The van der Waals surface area contributed by atoms with E-state index in [1.165, 1.54) is 48.6 Å². The molecule has 3 heterocycles. The number of phenols is 2. The van der Waals surface area contributed by atoms with E-state index in [0.717, 1.165) is 6.08 Å². The smallest absolute Gasteiger partial charge is 0.331 e. The summed E-state index contributed by atoms with van der Waals surface area (Å²) < 4.78 is 33.0. The summed E-state index contributed by atoms with van der Waals surface area (Å²) in [7, 11) is 0. The fraction of sp³-hybridized carbons (Fsp3) is 0.382. The normalized spacial score (nSPS) is 30.6. The monoisotopic (exact) mass is 668 g/mol. The third-order valence-corrected chi connectivity index (χ3v) is 7.92. The van der Waals surface area contributed by atoms with Crippen LogP contribution in [-0.4, -0.2) is 112 Å². The Kier molecular flexibility index (Phi) is 11.3. The zero-order valence-corrected chi connectivity index (χ0v) is 25.7. The van der Waals surface area contributed by atoms with Crippen molar-refractivity contribution in [1.29, 1.82) is 0 Å². The van der Waals surface area contributed by atoms with E-state index in [9.17, 15) is 39.9 Å². The summed E-state index contributed by atoms with van der Waals surface area (Å²) in [5, 5.41) is 51.1. The molecule has 48 heavy (non-hydrogen) atoms. The highest BCUT2D eigenvalue weighted by atomic mass is 16.7. The molecule has 2 aromatic rings. The van der Waals surface area contributed by atoms with Crippen molar-refractivity contribution in [2.75, 3.05) is 19.8 Å². The zero-order chi connectivity index (χ0) is 34.4. The number of esters is 3. The predicted octanol–water partition coefficient (Wildman–Crippen LogP) is 0.990. The van der Waals surface area contributed by atoms with Crippen molar-refractivity contribution in [1.82, 2.24) is 0 Å². The van der Waals surface area contributed by atoms with Gasteiger partial charge in [-0.1, -0.05) is 24.3 Å². The summed E-state index contributed by atoms with van der Waals surface area (Å²) in [6, 6.07) is 12.3. The Bertz CT molecular complexity index is 1530. The standard InChI is InChI=1S/C34H36O14/c1-18(15-43-26(37)12-6-19-2-8-21(35)9-3-19)14-23-29(39)28(33(42)47-23)24-16-45-34-32(46-24)31(41)30(40)25(48-34)17-44-27(38)13-7-20-4-10-22(36)11-5-20/h2-14,23-25,28-32,34-36,39-41H,15-17H2,1H3/b12-6+,13-7+,18-14+/t23-,24-,25+,28+,29-,30-,31-,32+,34+/m0/s1. The molecule has 0 aromatic heterocycles. The largest absolute Gasteiger partial charge is 0.508 e. The van der Waals surface area contributed by atoms with E-state index in [1.54, 1.807) is 31.2 Å². The lowest BCUT2D eigenvalue weighted by Gasteiger charge is -2.46. The minimum absolute atomic E-state index is 0.0800. The lowest BCUT2D eigenvalue weighted by atomic mass is 9.92. The summed E-state index contributed by atoms with van der Waals surface area (Å²) in [6.07, 6.45) is -3.29. The Labute approximate surface area is 275 Å². The third-order valence-electron chi connectivity index (χ3n) is 7.92. The first-order valence-corrected chi connectivity index (χ1v) is 15.1. The third kappa shape index (κ3) is 8.66. The van der Waals surface area contributed by atoms with Gasteiger partial charge in [0.25, 0.3) is 0 Å². The van der Waals surface area contributed by atoms with Gasteiger partial charge in [-0.2, -0.15) is 0 Å².